The van der Waals surface area contributed by atoms with Gasteiger partial charge in [0.2, 0.25) is 11.8 Å². The van der Waals surface area contributed by atoms with Crippen molar-refractivity contribution in [1.29, 1.82) is 0 Å². The second-order valence-corrected chi connectivity index (χ2v) is 15.9. The number of unbranched alkanes of at least 4 members (excludes halogenated alkanes) is 1. The Morgan fingerprint density at radius 1 is 0.800 bits per heavy atom. The van der Waals surface area contributed by atoms with Crippen LogP contribution in [0.1, 0.15) is 66.8 Å². The van der Waals surface area contributed by atoms with Gasteiger partial charge in [-0.15, -0.1) is 11.3 Å². The van der Waals surface area contributed by atoms with Crippen LogP contribution < -0.4 is 16.4 Å². The number of nitrogens with zero attached hydrogens (tertiary/aromatic N) is 1. The van der Waals surface area contributed by atoms with Crippen molar-refractivity contribution in [3.63, 3.8) is 0 Å². The molecule has 0 radical (unpaired) electrons. The molecule has 1 saturated heterocycles. The molecule has 0 unspecified atom stereocenters. The van der Waals surface area contributed by atoms with Gasteiger partial charge >= 0.3 is 0 Å². The Hall–Kier alpha value is -5.04. The number of hydrogen-bond acceptors (Lipinski definition) is 9. The molecule has 55 heavy (non-hydrogen) atoms. The van der Waals surface area contributed by atoms with Gasteiger partial charge in [-0.05, 0) is 77.1 Å². The number of hydrogen-bond donors (Lipinski definition) is 4. The lowest BCUT2D eigenvalue weighted by atomic mass is 9.99. The third kappa shape index (κ3) is 10.4. The lowest BCUT2D eigenvalue weighted by Gasteiger charge is -2.36. The smallest absolute Gasteiger partial charge is 0.224 e. The second kappa shape index (κ2) is 18.5. The number of ether oxygens (including phenoxy) is 2. The van der Waals surface area contributed by atoms with Crippen LogP contribution in [0.2, 0.25) is 0 Å². The van der Waals surface area contributed by atoms with Gasteiger partial charge in [0.05, 0.1) is 40.4 Å². The van der Waals surface area contributed by atoms with Gasteiger partial charge in [-0.2, -0.15) is 0 Å². The number of thiazole rings is 1. The van der Waals surface area contributed by atoms with Crippen molar-refractivity contribution < 1.29 is 24.2 Å². The van der Waals surface area contributed by atoms with Crippen molar-refractivity contribution in [1.82, 2.24) is 10.3 Å². The number of aliphatic hydroxyl groups excluding tert-OH is 1. The first-order chi connectivity index (χ1) is 26.9. The van der Waals surface area contributed by atoms with Crippen molar-refractivity contribution in [2.75, 3.05) is 16.8 Å². The number of carbonyl (C=O) groups excluding carboxylic acids is 2. The van der Waals surface area contributed by atoms with Gasteiger partial charge in [-0.3, -0.25) is 9.59 Å². The normalized spacial score (nSPS) is 16.9. The fraction of sp³-hybridized carbons (Fsp3) is 0.250. The van der Waals surface area contributed by atoms with Crippen LogP contribution >= 0.6 is 23.1 Å². The van der Waals surface area contributed by atoms with Crippen LogP contribution in [-0.2, 0) is 32.2 Å². The Balaban J connectivity index is 0.963. The number of rotatable bonds is 15. The molecule has 1 aromatic heterocycles. The molecule has 1 aliphatic heterocycles. The predicted octanol–water partition coefficient (Wildman–Crippen LogP) is 9.19. The van der Waals surface area contributed by atoms with E-state index in [1.165, 1.54) is 4.70 Å². The first-order valence-electron chi connectivity index (χ1n) is 18.5. The lowest BCUT2D eigenvalue weighted by Crippen LogP contribution is -2.31. The van der Waals surface area contributed by atoms with Crippen molar-refractivity contribution >= 4 is 56.5 Å². The molecule has 5 aromatic carbocycles. The molecular weight excluding hydrogens is 729 g/mol. The van der Waals surface area contributed by atoms with E-state index < -0.39 is 6.29 Å². The minimum absolute atomic E-state index is 0.00662. The zero-order valence-electron chi connectivity index (χ0n) is 30.4. The third-order valence-electron chi connectivity index (χ3n) is 9.48. The summed E-state index contributed by atoms with van der Waals surface area (Å²) in [4.78, 5) is 29.8. The Kier molecular flexibility index (Phi) is 12.9. The highest BCUT2D eigenvalue weighted by Gasteiger charge is 2.32. The van der Waals surface area contributed by atoms with E-state index in [1.807, 2.05) is 78.9 Å². The van der Waals surface area contributed by atoms with Crippen LogP contribution in [0.25, 0.3) is 21.3 Å². The first-order valence-corrected chi connectivity index (χ1v) is 20.3. The minimum atomic E-state index is -0.581. The number of fused-ring (bicyclic) bond motifs is 1. The number of para-hydroxylation sites is 3. The Morgan fingerprint density at radius 2 is 1.55 bits per heavy atom. The van der Waals surface area contributed by atoms with Gasteiger partial charge in [-0.1, -0.05) is 96.7 Å². The number of benzene rings is 5. The Labute approximate surface area is 329 Å². The molecule has 0 bridgehead atoms. The summed E-state index contributed by atoms with van der Waals surface area (Å²) in [5.74, 6) is 0.564. The van der Waals surface area contributed by atoms with E-state index >= 15 is 0 Å². The fourth-order valence-electron chi connectivity index (χ4n) is 6.51. The summed E-state index contributed by atoms with van der Waals surface area (Å²) in [6.07, 6.45) is 1.72. The number of nitrogen functional groups attached to an aromatic ring is 1. The Bertz CT molecular complexity index is 2190. The standard InChI is InChI=1S/C44H44N4O5S2/c45-36-13-1-2-14-37(36)47-42(51)18-6-5-17-41(50)46-26-30-9-7-10-32(23-30)33-11-8-12-34(24-33)43-52-35(25-39(53-43)31-21-19-29(27-49)20-22-31)28-54-44-48-38-15-3-4-16-40(38)55-44/h1-4,7-16,19-24,35,39,43,49H,5-6,17-18,25-28,45H2,(H,46,50)(H,47,51)/t35-,39+,43+/m1/s1. The Morgan fingerprint density at radius 3 is 2.35 bits per heavy atom. The quantitative estimate of drug-likeness (QED) is 0.0461. The highest BCUT2D eigenvalue weighted by atomic mass is 32.2. The molecule has 9 nitrogen and oxygen atoms in total. The second-order valence-electron chi connectivity index (χ2n) is 13.6. The van der Waals surface area contributed by atoms with Crippen LogP contribution in [0.3, 0.4) is 0 Å². The van der Waals surface area contributed by atoms with Gasteiger partial charge in [-0.25, -0.2) is 4.98 Å². The maximum atomic E-state index is 12.7. The van der Waals surface area contributed by atoms with Crippen molar-refractivity contribution in [3.8, 4) is 11.1 Å². The molecule has 11 heteroatoms. The van der Waals surface area contributed by atoms with Gasteiger partial charge in [0.1, 0.15) is 0 Å². The summed E-state index contributed by atoms with van der Waals surface area (Å²) in [5.41, 5.74) is 13.9. The summed E-state index contributed by atoms with van der Waals surface area (Å²) in [5, 5.41) is 15.4. The summed E-state index contributed by atoms with van der Waals surface area (Å²) in [6.45, 7) is 0.396. The van der Waals surface area contributed by atoms with Crippen molar-refractivity contribution in [2.24, 2.45) is 0 Å². The molecule has 282 valence electrons. The van der Waals surface area contributed by atoms with Crippen LogP contribution in [0.5, 0.6) is 0 Å². The van der Waals surface area contributed by atoms with E-state index in [0.717, 1.165) is 49.0 Å². The molecule has 7 rings (SSSR count). The van der Waals surface area contributed by atoms with Gasteiger partial charge in [0, 0.05) is 37.1 Å². The highest BCUT2D eigenvalue weighted by Crippen LogP contribution is 2.41. The van der Waals surface area contributed by atoms with E-state index in [1.54, 1.807) is 35.2 Å². The zero-order chi connectivity index (χ0) is 38.0. The molecule has 0 saturated carbocycles. The molecule has 0 aliphatic carbocycles. The van der Waals surface area contributed by atoms with Crippen LogP contribution in [0.15, 0.2) is 126 Å². The summed E-state index contributed by atoms with van der Waals surface area (Å²) >= 11 is 3.41. The van der Waals surface area contributed by atoms with E-state index in [9.17, 15) is 14.7 Å². The predicted molar refractivity (Wildman–Crippen MR) is 220 cm³/mol. The zero-order valence-corrected chi connectivity index (χ0v) is 32.0. The number of aromatic nitrogens is 1. The monoisotopic (exact) mass is 772 g/mol. The maximum absolute atomic E-state index is 12.7. The summed E-state index contributed by atoms with van der Waals surface area (Å²) < 4.78 is 15.5. The molecule has 3 atom stereocenters. The van der Waals surface area contributed by atoms with Crippen LogP contribution in [-0.4, -0.2) is 33.8 Å². The number of amides is 2. The van der Waals surface area contributed by atoms with Crippen LogP contribution in [0.4, 0.5) is 11.4 Å². The minimum Gasteiger partial charge on any atom is -0.397 e. The summed E-state index contributed by atoms with van der Waals surface area (Å²) in [6, 6.07) is 39.7. The maximum Gasteiger partial charge on any atom is 0.224 e. The van der Waals surface area contributed by atoms with E-state index in [4.69, 9.17) is 20.2 Å². The average molecular weight is 773 g/mol. The number of carbonyl (C=O) groups is 2. The first kappa shape index (κ1) is 38.2. The molecular formula is C44H44N4O5S2. The van der Waals surface area contributed by atoms with Crippen molar-refractivity contribution in [3.05, 3.63) is 144 Å². The van der Waals surface area contributed by atoms with E-state index in [2.05, 4.69) is 41.0 Å². The molecule has 1 aliphatic rings. The van der Waals surface area contributed by atoms with Gasteiger partial charge in [0.15, 0.2) is 10.6 Å². The van der Waals surface area contributed by atoms with E-state index in [0.29, 0.717) is 50.0 Å². The van der Waals surface area contributed by atoms with Gasteiger partial charge in [0.25, 0.3) is 0 Å². The number of nitrogens with one attached hydrogen (secondary N) is 2. The fourth-order valence-corrected chi connectivity index (χ4v) is 8.62. The number of nitrogens with two attached hydrogens (primary N) is 1. The van der Waals surface area contributed by atoms with Crippen molar-refractivity contribution in [2.45, 2.75) is 68.1 Å². The average Bonchev–Trinajstić information content (AvgIpc) is 3.65. The topological polar surface area (TPSA) is 136 Å². The molecule has 6 aromatic rings. The SMILES string of the molecule is Nc1ccccc1NC(=O)CCCCC(=O)NCc1cccc(-c2cccc([C@H]3O[C@@H](CSc4nc5ccccc5s4)C[C@@H](c4ccc(CO)cc4)O3)c2)c1. The largest absolute Gasteiger partial charge is 0.397 e. The molecule has 1 fully saturated rings. The summed E-state index contributed by atoms with van der Waals surface area (Å²) in [7, 11) is 0. The number of aliphatic hydroxyl groups is 1. The molecule has 2 amide bonds. The third-order valence-corrected chi connectivity index (χ3v) is 11.8. The van der Waals surface area contributed by atoms with E-state index in [-0.39, 0.29) is 30.6 Å². The molecule has 0 spiro atoms. The molecule has 2 heterocycles. The number of anilines is 2. The van der Waals surface area contributed by atoms with Crippen LogP contribution in [0, 0.1) is 0 Å². The number of thioether (sulfide) groups is 1. The van der Waals surface area contributed by atoms with Gasteiger partial charge < -0.3 is 30.9 Å². The lowest BCUT2D eigenvalue weighted by molar-refractivity contribution is -0.245. The highest BCUT2D eigenvalue weighted by molar-refractivity contribution is 8.01. The molecule has 5 N–H and O–H groups in total.